The standard InChI is InChI=1S/C8H16N4/c1-2-4-10-5-7-12-6-3-8(9)11-12/h3,6,10H,2,4-5,7H2,1H3,(H2,9,11). The van der Waals surface area contributed by atoms with Gasteiger partial charge in [-0.3, -0.25) is 4.68 Å². The summed E-state index contributed by atoms with van der Waals surface area (Å²) in [5.41, 5.74) is 5.46. The van der Waals surface area contributed by atoms with E-state index in [4.69, 9.17) is 5.73 Å². The molecular formula is C8H16N4. The molecule has 0 aliphatic carbocycles. The molecule has 0 saturated heterocycles. The maximum atomic E-state index is 5.46. The number of anilines is 1. The van der Waals surface area contributed by atoms with E-state index < -0.39 is 0 Å². The molecule has 0 amide bonds. The summed E-state index contributed by atoms with van der Waals surface area (Å²) in [5, 5.41) is 7.35. The Balaban J connectivity index is 2.15. The predicted molar refractivity (Wildman–Crippen MR) is 49.8 cm³/mol. The largest absolute Gasteiger partial charge is 0.382 e. The molecule has 0 aliphatic rings. The Morgan fingerprint density at radius 3 is 3.00 bits per heavy atom. The monoisotopic (exact) mass is 168 g/mol. The van der Waals surface area contributed by atoms with Crippen LogP contribution in [0, 0.1) is 0 Å². The van der Waals surface area contributed by atoms with Crippen molar-refractivity contribution < 1.29 is 0 Å². The maximum Gasteiger partial charge on any atom is 0.145 e. The van der Waals surface area contributed by atoms with Gasteiger partial charge in [-0.25, -0.2) is 0 Å². The minimum absolute atomic E-state index is 0.588. The van der Waals surface area contributed by atoms with Crippen LogP contribution >= 0.6 is 0 Å². The third-order valence-corrected chi connectivity index (χ3v) is 1.61. The van der Waals surface area contributed by atoms with Crippen LogP contribution in [0.2, 0.25) is 0 Å². The van der Waals surface area contributed by atoms with Crippen molar-refractivity contribution in [1.82, 2.24) is 15.1 Å². The van der Waals surface area contributed by atoms with Crippen molar-refractivity contribution in [2.45, 2.75) is 19.9 Å². The fourth-order valence-corrected chi connectivity index (χ4v) is 0.997. The maximum absolute atomic E-state index is 5.46. The first kappa shape index (κ1) is 9.06. The van der Waals surface area contributed by atoms with E-state index in [2.05, 4.69) is 17.3 Å². The van der Waals surface area contributed by atoms with Crippen molar-refractivity contribution in [3.05, 3.63) is 12.3 Å². The SMILES string of the molecule is CCCNCCn1ccc(N)n1. The Kier molecular flexibility index (Phi) is 3.60. The van der Waals surface area contributed by atoms with E-state index in [1.807, 2.05) is 10.9 Å². The highest BCUT2D eigenvalue weighted by atomic mass is 15.3. The Bertz CT molecular complexity index is 219. The number of nitrogens with two attached hydrogens (primary N) is 1. The normalized spacial score (nSPS) is 10.4. The van der Waals surface area contributed by atoms with E-state index in [1.54, 1.807) is 6.07 Å². The highest BCUT2D eigenvalue weighted by Crippen LogP contribution is 1.94. The van der Waals surface area contributed by atoms with E-state index >= 15 is 0 Å². The molecule has 0 spiro atoms. The second-order valence-electron chi connectivity index (χ2n) is 2.75. The van der Waals surface area contributed by atoms with Gasteiger partial charge in [0.15, 0.2) is 0 Å². The number of aromatic nitrogens is 2. The van der Waals surface area contributed by atoms with E-state index in [1.165, 1.54) is 6.42 Å². The summed E-state index contributed by atoms with van der Waals surface area (Å²) >= 11 is 0. The Morgan fingerprint density at radius 2 is 2.42 bits per heavy atom. The molecule has 1 aromatic heterocycles. The third-order valence-electron chi connectivity index (χ3n) is 1.61. The molecule has 0 radical (unpaired) electrons. The van der Waals surface area contributed by atoms with Crippen LogP contribution < -0.4 is 11.1 Å². The molecule has 12 heavy (non-hydrogen) atoms. The molecule has 0 atom stereocenters. The Labute approximate surface area is 72.8 Å². The van der Waals surface area contributed by atoms with Crippen LogP contribution in [0.15, 0.2) is 12.3 Å². The number of hydrogen-bond acceptors (Lipinski definition) is 3. The predicted octanol–water partition coefficient (Wildman–Crippen LogP) is 0.465. The molecule has 0 aliphatic heterocycles. The molecule has 68 valence electrons. The van der Waals surface area contributed by atoms with Crippen LogP contribution in [0.3, 0.4) is 0 Å². The van der Waals surface area contributed by atoms with E-state index in [0.29, 0.717) is 5.82 Å². The lowest BCUT2D eigenvalue weighted by molar-refractivity contribution is 0.555. The van der Waals surface area contributed by atoms with Gasteiger partial charge in [0.2, 0.25) is 0 Å². The van der Waals surface area contributed by atoms with Gasteiger partial charge in [0.1, 0.15) is 5.82 Å². The minimum Gasteiger partial charge on any atom is -0.382 e. The highest BCUT2D eigenvalue weighted by Gasteiger charge is 1.92. The Hall–Kier alpha value is -1.03. The number of nitrogens with zero attached hydrogens (tertiary/aromatic N) is 2. The van der Waals surface area contributed by atoms with Gasteiger partial charge >= 0.3 is 0 Å². The van der Waals surface area contributed by atoms with Gasteiger partial charge in [-0.15, -0.1) is 0 Å². The number of rotatable bonds is 5. The second kappa shape index (κ2) is 4.77. The summed E-state index contributed by atoms with van der Waals surface area (Å²) in [7, 11) is 0. The van der Waals surface area contributed by atoms with Crippen LogP contribution in [0.25, 0.3) is 0 Å². The van der Waals surface area contributed by atoms with E-state index in [-0.39, 0.29) is 0 Å². The summed E-state index contributed by atoms with van der Waals surface area (Å²) < 4.78 is 1.85. The van der Waals surface area contributed by atoms with Crippen molar-refractivity contribution >= 4 is 5.82 Å². The van der Waals surface area contributed by atoms with Gasteiger partial charge in [-0.05, 0) is 19.0 Å². The molecule has 1 heterocycles. The zero-order valence-electron chi connectivity index (χ0n) is 7.45. The first-order valence-corrected chi connectivity index (χ1v) is 4.32. The fraction of sp³-hybridized carbons (Fsp3) is 0.625. The van der Waals surface area contributed by atoms with E-state index in [0.717, 1.165) is 19.6 Å². The lowest BCUT2D eigenvalue weighted by atomic mass is 10.5. The molecule has 1 aromatic rings. The molecule has 1 rings (SSSR count). The van der Waals surface area contributed by atoms with Gasteiger partial charge in [-0.2, -0.15) is 5.10 Å². The molecular weight excluding hydrogens is 152 g/mol. The van der Waals surface area contributed by atoms with Crippen LogP contribution in [-0.2, 0) is 6.54 Å². The lowest BCUT2D eigenvalue weighted by Gasteiger charge is -2.02. The summed E-state index contributed by atoms with van der Waals surface area (Å²) in [5.74, 6) is 0.588. The molecule has 4 heteroatoms. The molecule has 0 bridgehead atoms. The zero-order chi connectivity index (χ0) is 8.81. The molecule has 0 fully saturated rings. The summed E-state index contributed by atoms with van der Waals surface area (Å²) in [6.07, 6.45) is 3.06. The van der Waals surface area contributed by atoms with Gasteiger partial charge in [-0.1, -0.05) is 6.92 Å². The number of nitrogen functional groups attached to an aromatic ring is 1. The zero-order valence-corrected chi connectivity index (χ0v) is 7.45. The van der Waals surface area contributed by atoms with Crippen molar-refractivity contribution in [1.29, 1.82) is 0 Å². The lowest BCUT2D eigenvalue weighted by Crippen LogP contribution is -2.20. The first-order valence-electron chi connectivity index (χ1n) is 4.32. The highest BCUT2D eigenvalue weighted by molar-refractivity contribution is 5.23. The molecule has 3 N–H and O–H groups in total. The second-order valence-corrected chi connectivity index (χ2v) is 2.75. The summed E-state index contributed by atoms with van der Waals surface area (Å²) in [6, 6.07) is 1.81. The van der Waals surface area contributed by atoms with Crippen molar-refractivity contribution in [2.75, 3.05) is 18.8 Å². The fourth-order valence-electron chi connectivity index (χ4n) is 0.997. The van der Waals surface area contributed by atoms with Gasteiger partial charge in [0.05, 0.1) is 6.54 Å². The third kappa shape index (κ3) is 2.92. The minimum atomic E-state index is 0.588. The van der Waals surface area contributed by atoms with Gasteiger partial charge in [0.25, 0.3) is 0 Å². The van der Waals surface area contributed by atoms with Crippen molar-refractivity contribution in [3.63, 3.8) is 0 Å². The molecule has 0 unspecified atom stereocenters. The summed E-state index contributed by atoms with van der Waals surface area (Å²) in [6.45, 7) is 5.06. The van der Waals surface area contributed by atoms with Crippen LogP contribution in [0.1, 0.15) is 13.3 Å². The van der Waals surface area contributed by atoms with Gasteiger partial charge < -0.3 is 11.1 Å². The number of nitrogens with one attached hydrogen (secondary N) is 1. The van der Waals surface area contributed by atoms with Crippen LogP contribution in [0.5, 0.6) is 0 Å². The van der Waals surface area contributed by atoms with Crippen molar-refractivity contribution in [2.24, 2.45) is 0 Å². The van der Waals surface area contributed by atoms with Crippen LogP contribution in [0.4, 0.5) is 5.82 Å². The average molecular weight is 168 g/mol. The summed E-state index contributed by atoms with van der Waals surface area (Å²) in [4.78, 5) is 0. The topological polar surface area (TPSA) is 55.9 Å². The Morgan fingerprint density at radius 1 is 1.58 bits per heavy atom. The van der Waals surface area contributed by atoms with Crippen molar-refractivity contribution in [3.8, 4) is 0 Å². The van der Waals surface area contributed by atoms with Crippen LogP contribution in [-0.4, -0.2) is 22.9 Å². The number of hydrogen-bond donors (Lipinski definition) is 2. The quantitative estimate of drug-likeness (QED) is 0.628. The first-order chi connectivity index (χ1) is 5.83. The van der Waals surface area contributed by atoms with Gasteiger partial charge in [0, 0.05) is 12.7 Å². The molecule has 4 nitrogen and oxygen atoms in total. The average Bonchev–Trinajstić information content (AvgIpc) is 2.45. The van der Waals surface area contributed by atoms with E-state index in [9.17, 15) is 0 Å². The smallest absolute Gasteiger partial charge is 0.145 e. The molecule has 0 aromatic carbocycles. The molecule has 0 saturated carbocycles.